The zero-order valence-corrected chi connectivity index (χ0v) is 14.8. The highest BCUT2D eigenvalue weighted by atomic mass is 16.5. The Kier molecular flexibility index (Phi) is 5.73. The lowest BCUT2D eigenvalue weighted by atomic mass is 10.2. The van der Waals surface area contributed by atoms with Gasteiger partial charge < -0.3 is 24.7 Å². The number of quaternary nitrogens is 1. The predicted molar refractivity (Wildman–Crippen MR) is 96.6 cm³/mol. The van der Waals surface area contributed by atoms with Crippen molar-refractivity contribution in [3.05, 3.63) is 48.4 Å². The molecule has 2 atom stereocenters. The molecule has 3 rings (SSSR count). The van der Waals surface area contributed by atoms with Gasteiger partial charge >= 0.3 is 0 Å². The fourth-order valence-electron chi connectivity index (χ4n) is 3.00. The van der Waals surface area contributed by atoms with Crippen LogP contribution in [0, 0.1) is 0 Å². The van der Waals surface area contributed by atoms with Crippen LogP contribution < -0.4 is 15.5 Å². The van der Waals surface area contributed by atoms with Gasteiger partial charge in [-0.15, -0.1) is 0 Å². The van der Waals surface area contributed by atoms with Crippen LogP contribution in [0.25, 0.3) is 0 Å². The van der Waals surface area contributed by atoms with E-state index in [1.54, 1.807) is 6.26 Å². The Morgan fingerprint density at radius 2 is 1.88 bits per heavy atom. The monoisotopic (exact) mass is 344 g/mol. The molecule has 0 saturated carbocycles. The summed E-state index contributed by atoms with van der Waals surface area (Å²) in [5, 5.41) is 4.97. The number of furan rings is 1. The van der Waals surface area contributed by atoms with E-state index >= 15 is 0 Å². The molecule has 1 aliphatic heterocycles. The molecule has 0 unspecified atom stereocenters. The SMILES string of the molecule is C[C@H]([NH2+][C@@H](C)c1ccco1)C(=O)Nc1ccc(N2CCOCC2)cc1. The highest BCUT2D eigenvalue weighted by Gasteiger charge is 2.21. The van der Waals surface area contributed by atoms with Crippen molar-refractivity contribution in [2.24, 2.45) is 0 Å². The molecular formula is C19H26N3O3+. The van der Waals surface area contributed by atoms with E-state index in [4.69, 9.17) is 9.15 Å². The summed E-state index contributed by atoms with van der Waals surface area (Å²) in [5.74, 6) is 0.854. The molecule has 0 aliphatic carbocycles. The third-order valence-electron chi connectivity index (χ3n) is 4.49. The molecule has 2 heterocycles. The first-order chi connectivity index (χ1) is 12.1. The lowest BCUT2D eigenvalue weighted by Crippen LogP contribution is -2.91. The lowest BCUT2D eigenvalue weighted by Gasteiger charge is -2.28. The van der Waals surface area contributed by atoms with Crippen molar-refractivity contribution in [1.29, 1.82) is 0 Å². The van der Waals surface area contributed by atoms with E-state index < -0.39 is 0 Å². The normalized spacial score (nSPS) is 17.1. The Bertz CT molecular complexity index is 664. The molecule has 1 aliphatic rings. The largest absolute Gasteiger partial charge is 0.463 e. The molecule has 1 saturated heterocycles. The summed E-state index contributed by atoms with van der Waals surface area (Å²) >= 11 is 0. The minimum absolute atomic E-state index is 0.0162. The van der Waals surface area contributed by atoms with Crippen LogP contribution in [0.4, 0.5) is 11.4 Å². The van der Waals surface area contributed by atoms with E-state index in [1.165, 1.54) is 0 Å². The van der Waals surface area contributed by atoms with Crippen molar-refractivity contribution in [3.63, 3.8) is 0 Å². The number of anilines is 2. The lowest BCUT2D eigenvalue weighted by molar-refractivity contribution is -0.711. The van der Waals surface area contributed by atoms with Crippen molar-refractivity contribution in [2.45, 2.75) is 25.9 Å². The highest BCUT2D eigenvalue weighted by molar-refractivity contribution is 5.93. The average molecular weight is 344 g/mol. The number of nitrogens with two attached hydrogens (primary N) is 1. The number of rotatable bonds is 6. The number of hydrogen-bond acceptors (Lipinski definition) is 4. The minimum atomic E-state index is -0.209. The van der Waals surface area contributed by atoms with Crippen LogP contribution in [-0.2, 0) is 9.53 Å². The molecule has 134 valence electrons. The first kappa shape index (κ1) is 17.5. The van der Waals surface area contributed by atoms with E-state index in [2.05, 4.69) is 10.2 Å². The first-order valence-corrected chi connectivity index (χ1v) is 8.75. The minimum Gasteiger partial charge on any atom is -0.463 e. The van der Waals surface area contributed by atoms with E-state index in [9.17, 15) is 4.79 Å². The average Bonchev–Trinajstić information content (AvgIpc) is 3.18. The van der Waals surface area contributed by atoms with E-state index in [0.717, 1.165) is 43.4 Å². The molecular weight excluding hydrogens is 318 g/mol. The van der Waals surface area contributed by atoms with Crippen LogP contribution in [-0.4, -0.2) is 38.3 Å². The van der Waals surface area contributed by atoms with Gasteiger partial charge in [-0.25, -0.2) is 0 Å². The maximum atomic E-state index is 12.4. The summed E-state index contributed by atoms with van der Waals surface area (Å²) < 4.78 is 10.8. The zero-order valence-electron chi connectivity index (χ0n) is 14.8. The summed E-state index contributed by atoms with van der Waals surface area (Å²) in [6.45, 7) is 7.26. The highest BCUT2D eigenvalue weighted by Crippen LogP contribution is 2.19. The van der Waals surface area contributed by atoms with Crippen molar-refractivity contribution in [2.75, 3.05) is 36.5 Å². The number of amides is 1. The molecule has 6 heteroatoms. The van der Waals surface area contributed by atoms with Crippen molar-refractivity contribution in [3.8, 4) is 0 Å². The van der Waals surface area contributed by atoms with Crippen LogP contribution in [0.15, 0.2) is 47.1 Å². The van der Waals surface area contributed by atoms with Gasteiger partial charge in [-0.1, -0.05) is 0 Å². The summed E-state index contributed by atoms with van der Waals surface area (Å²) in [5.41, 5.74) is 1.97. The Morgan fingerprint density at radius 1 is 1.16 bits per heavy atom. The predicted octanol–water partition coefficient (Wildman–Crippen LogP) is 1.77. The standard InChI is InChI=1S/C19H25N3O3/c1-14(18-4-3-11-25-18)20-15(2)19(23)21-16-5-7-17(8-6-16)22-9-12-24-13-10-22/h3-8,11,14-15,20H,9-10,12-13H2,1-2H3,(H,21,23)/p+1/t14-,15-/m0/s1. The van der Waals surface area contributed by atoms with Gasteiger partial charge in [-0.05, 0) is 50.2 Å². The molecule has 6 nitrogen and oxygen atoms in total. The van der Waals surface area contributed by atoms with Crippen LogP contribution in [0.5, 0.6) is 0 Å². The first-order valence-electron chi connectivity index (χ1n) is 8.75. The Hall–Kier alpha value is -2.31. The number of nitrogens with zero attached hydrogens (tertiary/aromatic N) is 1. The summed E-state index contributed by atoms with van der Waals surface area (Å²) in [6.07, 6.45) is 1.65. The molecule has 1 aromatic carbocycles. The second kappa shape index (κ2) is 8.18. The summed E-state index contributed by atoms with van der Waals surface area (Å²) in [4.78, 5) is 14.7. The van der Waals surface area contributed by atoms with Crippen LogP contribution in [0.2, 0.25) is 0 Å². The molecule has 0 spiro atoms. The Labute approximate surface area is 148 Å². The third-order valence-corrected chi connectivity index (χ3v) is 4.49. The molecule has 0 bridgehead atoms. The molecule has 1 fully saturated rings. The molecule has 2 aromatic rings. The quantitative estimate of drug-likeness (QED) is 0.838. The maximum Gasteiger partial charge on any atom is 0.282 e. The number of nitrogens with one attached hydrogen (secondary N) is 1. The van der Waals surface area contributed by atoms with Gasteiger partial charge in [0.05, 0.1) is 19.5 Å². The van der Waals surface area contributed by atoms with Crippen LogP contribution in [0.1, 0.15) is 25.6 Å². The molecule has 1 amide bonds. The zero-order chi connectivity index (χ0) is 17.6. The molecule has 3 N–H and O–H groups in total. The Morgan fingerprint density at radius 3 is 2.52 bits per heavy atom. The second-order valence-electron chi connectivity index (χ2n) is 6.42. The van der Waals surface area contributed by atoms with Crippen LogP contribution >= 0.6 is 0 Å². The number of ether oxygens (including phenoxy) is 1. The Balaban J connectivity index is 1.53. The number of morpholine rings is 1. The van der Waals surface area contributed by atoms with Gasteiger partial charge in [-0.3, -0.25) is 4.79 Å². The molecule has 0 radical (unpaired) electrons. The van der Waals surface area contributed by atoms with E-state index in [1.807, 2.05) is 55.6 Å². The van der Waals surface area contributed by atoms with Gasteiger partial charge in [-0.2, -0.15) is 0 Å². The van der Waals surface area contributed by atoms with Crippen molar-refractivity contribution in [1.82, 2.24) is 0 Å². The fourth-order valence-corrected chi connectivity index (χ4v) is 3.00. The molecule has 25 heavy (non-hydrogen) atoms. The topological polar surface area (TPSA) is 71.3 Å². The number of benzene rings is 1. The van der Waals surface area contributed by atoms with Gasteiger partial charge in [0.25, 0.3) is 5.91 Å². The fraction of sp³-hybridized carbons (Fsp3) is 0.421. The van der Waals surface area contributed by atoms with Crippen molar-refractivity contribution >= 4 is 17.3 Å². The van der Waals surface area contributed by atoms with Gasteiger partial charge in [0.15, 0.2) is 11.8 Å². The van der Waals surface area contributed by atoms with E-state index in [0.29, 0.717) is 0 Å². The smallest absolute Gasteiger partial charge is 0.282 e. The van der Waals surface area contributed by atoms with Gasteiger partial charge in [0.2, 0.25) is 0 Å². The number of carbonyl (C=O) groups excluding carboxylic acids is 1. The van der Waals surface area contributed by atoms with Gasteiger partial charge in [0, 0.05) is 24.5 Å². The van der Waals surface area contributed by atoms with Crippen molar-refractivity contribution < 1.29 is 19.3 Å². The number of hydrogen-bond donors (Lipinski definition) is 2. The molecule has 1 aromatic heterocycles. The second-order valence-corrected chi connectivity index (χ2v) is 6.42. The summed E-state index contributed by atoms with van der Waals surface area (Å²) in [6, 6.07) is 11.7. The number of carbonyl (C=O) groups is 1. The maximum absolute atomic E-state index is 12.4. The van der Waals surface area contributed by atoms with Gasteiger partial charge in [0.1, 0.15) is 6.04 Å². The third kappa shape index (κ3) is 4.61. The summed E-state index contributed by atoms with van der Waals surface area (Å²) in [7, 11) is 0. The van der Waals surface area contributed by atoms with Crippen LogP contribution in [0.3, 0.4) is 0 Å². The van der Waals surface area contributed by atoms with E-state index in [-0.39, 0.29) is 18.0 Å².